The van der Waals surface area contributed by atoms with Crippen LogP contribution in [0.15, 0.2) is 0 Å². The first-order chi connectivity index (χ1) is 6.49. The van der Waals surface area contributed by atoms with Crippen molar-refractivity contribution in [3.05, 3.63) is 0 Å². The van der Waals surface area contributed by atoms with Crippen molar-refractivity contribution in [2.24, 2.45) is 5.73 Å². The van der Waals surface area contributed by atoms with E-state index in [1.54, 1.807) is 0 Å². The molecule has 0 aromatic rings. The minimum atomic E-state index is -0.467. The molecule has 0 heterocycles. The van der Waals surface area contributed by atoms with Crippen LogP contribution in [0.4, 0.5) is 0 Å². The number of hydroxylamine groups is 2. The van der Waals surface area contributed by atoms with E-state index in [1.165, 1.54) is 5.23 Å². The van der Waals surface area contributed by atoms with E-state index in [-0.39, 0.29) is 26.4 Å². The molecule has 86 valence electrons. The van der Waals surface area contributed by atoms with Gasteiger partial charge in [0.1, 0.15) is 0 Å². The van der Waals surface area contributed by atoms with Crippen LogP contribution in [0.2, 0.25) is 0 Å². The molecular formula is C8H20N2O4. The van der Waals surface area contributed by atoms with Gasteiger partial charge in [-0.25, -0.2) is 0 Å². The largest absolute Gasteiger partial charge is 0.394 e. The normalized spacial score (nSPS) is 12.4. The van der Waals surface area contributed by atoms with Gasteiger partial charge in [0.15, 0.2) is 0 Å². The van der Waals surface area contributed by atoms with Gasteiger partial charge in [0.2, 0.25) is 0 Å². The first-order valence-corrected chi connectivity index (χ1v) is 4.53. The highest BCUT2D eigenvalue weighted by molar-refractivity contribution is 4.71. The van der Waals surface area contributed by atoms with E-state index in [2.05, 4.69) is 0 Å². The molecule has 0 aromatic carbocycles. The molecule has 0 amide bonds. The van der Waals surface area contributed by atoms with E-state index >= 15 is 0 Å². The Hall–Kier alpha value is -0.240. The molecule has 0 rings (SSSR count). The highest BCUT2D eigenvalue weighted by Crippen LogP contribution is 2.02. The van der Waals surface area contributed by atoms with Crippen LogP contribution < -0.4 is 5.73 Å². The molecule has 0 aliphatic carbocycles. The first kappa shape index (κ1) is 13.8. The Bertz CT molecular complexity index is 130. The second-order valence-electron chi connectivity index (χ2n) is 3.59. The average molecular weight is 208 g/mol. The maximum absolute atomic E-state index is 8.55. The summed E-state index contributed by atoms with van der Waals surface area (Å²) in [4.78, 5) is 10.1. The van der Waals surface area contributed by atoms with Gasteiger partial charge in [-0.3, -0.25) is 9.68 Å². The second-order valence-corrected chi connectivity index (χ2v) is 3.59. The number of nitrogens with zero attached hydrogens (tertiary/aromatic N) is 1. The number of hydrogen-bond acceptors (Lipinski definition) is 6. The summed E-state index contributed by atoms with van der Waals surface area (Å²) in [5.41, 5.74) is 5.29. The topological polar surface area (TPSA) is 88.2 Å². The fourth-order valence-corrected chi connectivity index (χ4v) is 0.747. The van der Waals surface area contributed by atoms with Crippen LogP contribution in [0.5, 0.6) is 0 Å². The molecule has 0 aromatic heterocycles. The molecule has 14 heavy (non-hydrogen) atoms. The summed E-state index contributed by atoms with van der Waals surface area (Å²) < 4.78 is 0. The van der Waals surface area contributed by atoms with E-state index in [1.807, 2.05) is 13.8 Å². The number of nitrogens with two attached hydrogens (primary N) is 1. The second kappa shape index (κ2) is 7.10. The number of aliphatic hydroxyl groups excluding tert-OH is 2. The SMILES string of the molecule is CC(C)(N)CN(OCCO)OCCO. The van der Waals surface area contributed by atoms with Crippen LogP contribution in [-0.4, -0.2) is 54.0 Å². The summed E-state index contributed by atoms with van der Waals surface area (Å²) in [7, 11) is 0. The molecule has 0 aliphatic heterocycles. The third-order valence-corrected chi connectivity index (χ3v) is 1.19. The lowest BCUT2D eigenvalue weighted by Crippen LogP contribution is -2.45. The van der Waals surface area contributed by atoms with Gasteiger partial charge in [-0.15, -0.1) is 0 Å². The Morgan fingerprint density at radius 1 is 1.14 bits per heavy atom. The van der Waals surface area contributed by atoms with Crippen LogP contribution in [-0.2, 0) is 9.68 Å². The van der Waals surface area contributed by atoms with Crippen molar-refractivity contribution in [2.45, 2.75) is 19.4 Å². The molecule has 0 fully saturated rings. The van der Waals surface area contributed by atoms with Crippen molar-refractivity contribution in [1.29, 1.82) is 0 Å². The Labute approximate surface area is 84.1 Å². The smallest absolute Gasteiger partial charge is 0.0942 e. The van der Waals surface area contributed by atoms with Gasteiger partial charge in [-0.05, 0) is 13.8 Å². The summed E-state index contributed by atoms with van der Waals surface area (Å²) in [5, 5.41) is 18.3. The molecule has 0 spiro atoms. The minimum Gasteiger partial charge on any atom is -0.394 e. The predicted molar refractivity (Wildman–Crippen MR) is 51.0 cm³/mol. The van der Waals surface area contributed by atoms with Crippen molar-refractivity contribution < 1.29 is 19.9 Å². The van der Waals surface area contributed by atoms with E-state index < -0.39 is 5.54 Å². The quantitative estimate of drug-likeness (QED) is 0.438. The molecule has 6 nitrogen and oxygen atoms in total. The van der Waals surface area contributed by atoms with Crippen molar-refractivity contribution >= 4 is 0 Å². The lowest BCUT2D eigenvalue weighted by Gasteiger charge is -2.27. The molecule has 6 heteroatoms. The third-order valence-electron chi connectivity index (χ3n) is 1.19. The average Bonchev–Trinajstić information content (AvgIpc) is 2.07. The summed E-state index contributed by atoms with van der Waals surface area (Å²) in [6, 6.07) is 0. The predicted octanol–water partition coefficient (Wildman–Crippen LogP) is -1.13. The molecule has 0 aliphatic rings. The van der Waals surface area contributed by atoms with E-state index in [9.17, 15) is 0 Å². The Balaban J connectivity index is 3.84. The van der Waals surface area contributed by atoms with Gasteiger partial charge in [0, 0.05) is 5.54 Å². The summed E-state index contributed by atoms with van der Waals surface area (Å²) in [5.74, 6) is 0. The van der Waals surface area contributed by atoms with E-state index in [0.717, 1.165) is 0 Å². The van der Waals surface area contributed by atoms with Gasteiger partial charge in [-0.1, -0.05) is 5.23 Å². The van der Waals surface area contributed by atoms with Crippen molar-refractivity contribution in [1.82, 2.24) is 5.23 Å². The molecule has 0 saturated carbocycles. The van der Waals surface area contributed by atoms with Crippen LogP contribution >= 0.6 is 0 Å². The maximum atomic E-state index is 8.55. The Kier molecular flexibility index (Phi) is 6.98. The zero-order valence-electron chi connectivity index (χ0n) is 8.77. The van der Waals surface area contributed by atoms with Gasteiger partial charge in [0.05, 0.1) is 33.0 Å². The molecule has 0 unspecified atom stereocenters. The lowest BCUT2D eigenvalue weighted by atomic mass is 10.1. The van der Waals surface area contributed by atoms with Crippen LogP contribution in [0.3, 0.4) is 0 Å². The molecule has 0 saturated heterocycles. The highest BCUT2D eigenvalue weighted by Gasteiger charge is 2.18. The summed E-state index contributed by atoms with van der Waals surface area (Å²) >= 11 is 0. The third kappa shape index (κ3) is 8.36. The van der Waals surface area contributed by atoms with E-state index in [0.29, 0.717) is 6.54 Å². The fraction of sp³-hybridized carbons (Fsp3) is 1.00. The molecular weight excluding hydrogens is 188 g/mol. The fourth-order valence-electron chi connectivity index (χ4n) is 0.747. The molecule has 4 N–H and O–H groups in total. The number of hydrogen-bond donors (Lipinski definition) is 3. The standard InChI is InChI=1S/C8H20N2O4/c1-8(2,9)7-10(13-5-3-11)14-6-4-12/h11-12H,3-7,9H2,1-2H3. The minimum absolute atomic E-state index is 0.0933. The zero-order valence-corrected chi connectivity index (χ0v) is 8.77. The van der Waals surface area contributed by atoms with Crippen LogP contribution in [0, 0.1) is 0 Å². The van der Waals surface area contributed by atoms with Crippen molar-refractivity contribution in [3.8, 4) is 0 Å². The number of rotatable bonds is 8. The van der Waals surface area contributed by atoms with Gasteiger partial charge >= 0.3 is 0 Å². The van der Waals surface area contributed by atoms with Gasteiger partial charge in [0.25, 0.3) is 0 Å². The lowest BCUT2D eigenvalue weighted by molar-refractivity contribution is -0.375. The van der Waals surface area contributed by atoms with Gasteiger partial charge in [-0.2, -0.15) is 0 Å². The van der Waals surface area contributed by atoms with Gasteiger partial charge < -0.3 is 15.9 Å². The molecule has 0 radical (unpaired) electrons. The Morgan fingerprint density at radius 2 is 1.57 bits per heavy atom. The van der Waals surface area contributed by atoms with Crippen molar-refractivity contribution in [2.75, 3.05) is 33.0 Å². The van der Waals surface area contributed by atoms with E-state index in [4.69, 9.17) is 25.6 Å². The number of aliphatic hydroxyl groups is 2. The Morgan fingerprint density at radius 3 is 1.86 bits per heavy atom. The maximum Gasteiger partial charge on any atom is 0.0942 e. The molecule has 0 atom stereocenters. The van der Waals surface area contributed by atoms with Crippen LogP contribution in [0.1, 0.15) is 13.8 Å². The summed E-state index contributed by atoms with van der Waals surface area (Å²) in [6.45, 7) is 4.10. The molecule has 0 bridgehead atoms. The first-order valence-electron chi connectivity index (χ1n) is 4.53. The van der Waals surface area contributed by atoms with Crippen molar-refractivity contribution in [3.63, 3.8) is 0 Å². The zero-order chi connectivity index (χ0) is 11.0. The summed E-state index contributed by atoms with van der Waals surface area (Å²) in [6.07, 6.45) is 0. The monoisotopic (exact) mass is 208 g/mol. The van der Waals surface area contributed by atoms with Crippen LogP contribution in [0.25, 0.3) is 0 Å². The highest BCUT2D eigenvalue weighted by atomic mass is 16.9.